The summed E-state index contributed by atoms with van der Waals surface area (Å²) in [6.07, 6.45) is 8.05. The van der Waals surface area contributed by atoms with Crippen molar-refractivity contribution in [1.82, 2.24) is 4.72 Å². The molecule has 0 aliphatic rings. The van der Waals surface area contributed by atoms with Crippen molar-refractivity contribution in [2.24, 2.45) is 0 Å². The van der Waals surface area contributed by atoms with Gasteiger partial charge in [-0.25, -0.2) is 13.1 Å². The molecule has 0 bridgehead atoms. The lowest BCUT2D eigenvalue weighted by atomic mass is 10.1. The second-order valence-corrected chi connectivity index (χ2v) is 8.80. The first-order chi connectivity index (χ1) is 13.4. The van der Waals surface area contributed by atoms with E-state index < -0.39 is 16.0 Å². The van der Waals surface area contributed by atoms with Gasteiger partial charge in [0.05, 0.1) is 4.90 Å². The van der Waals surface area contributed by atoms with Crippen LogP contribution in [0.4, 0.5) is 5.69 Å². The Morgan fingerprint density at radius 1 is 0.857 bits per heavy atom. The number of nitrogens with two attached hydrogens (primary N) is 1. The highest BCUT2D eigenvalue weighted by Gasteiger charge is 2.17. The summed E-state index contributed by atoms with van der Waals surface area (Å²) in [5.74, 6) is -0.727. The van der Waals surface area contributed by atoms with Crippen molar-refractivity contribution in [3.63, 3.8) is 0 Å². The van der Waals surface area contributed by atoms with Crippen LogP contribution in [0.5, 0.6) is 0 Å². The van der Waals surface area contributed by atoms with E-state index in [1.165, 1.54) is 0 Å². The molecule has 28 heavy (non-hydrogen) atoms. The van der Waals surface area contributed by atoms with Crippen molar-refractivity contribution in [1.29, 1.82) is 0 Å². The Balaban J connectivity index is 1.69. The number of carboxylic acids is 1. The number of carbonyl (C=O) groups is 1. The lowest BCUT2D eigenvalue weighted by molar-refractivity contribution is -0.137. The topological polar surface area (TPSA) is 109 Å². The van der Waals surface area contributed by atoms with E-state index in [-0.39, 0.29) is 11.3 Å². The highest BCUT2D eigenvalue weighted by Crippen LogP contribution is 2.27. The predicted octanol–water partition coefficient (Wildman–Crippen LogP) is 4.30. The summed E-state index contributed by atoms with van der Waals surface area (Å²) in [6, 6.07) is 10.4. The molecule has 0 atom stereocenters. The first kappa shape index (κ1) is 22.2. The third-order valence-electron chi connectivity index (χ3n) is 4.82. The van der Waals surface area contributed by atoms with E-state index >= 15 is 0 Å². The fourth-order valence-electron chi connectivity index (χ4n) is 3.28. The van der Waals surface area contributed by atoms with Crippen LogP contribution in [0.1, 0.15) is 57.8 Å². The number of nitrogen functional groups attached to an aromatic ring is 1. The van der Waals surface area contributed by atoms with Gasteiger partial charge in [-0.1, -0.05) is 62.8 Å². The molecule has 0 amide bonds. The third kappa shape index (κ3) is 6.80. The molecule has 2 aromatic carbocycles. The minimum Gasteiger partial charge on any atom is -0.481 e. The van der Waals surface area contributed by atoms with E-state index in [0.717, 1.165) is 56.8 Å². The van der Waals surface area contributed by atoms with Gasteiger partial charge in [-0.05, 0) is 25.0 Å². The number of anilines is 1. The maximum Gasteiger partial charge on any atom is 0.303 e. The number of carboxylic acid groups (broad SMARTS) is 1. The Labute approximate surface area is 167 Å². The van der Waals surface area contributed by atoms with E-state index in [0.29, 0.717) is 17.6 Å². The van der Waals surface area contributed by atoms with Crippen molar-refractivity contribution in [2.75, 3.05) is 12.3 Å². The smallest absolute Gasteiger partial charge is 0.303 e. The minimum absolute atomic E-state index is 0.253. The van der Waals surface area contributed by atoms with Crippen molar-refractivity contribution in [2.45, 2.75) is 62.7 Å². The van der Waals surface area contributed by atoms with Crippen LogP contribution < -0.4 is 10.5 Å². The van der Waals surface area contributed by atoms with Gasteiger partial charge < -0.3 is 10.8 Å². The molecule has 2 rings (SSSR count). The van der Waals surface area contributed by atoms with Gasteiger partial charge in [0.25, 0.3) is 0 Å². The van der Waals surface area contributed by atoms with Crippen LogP contribution in [0.15, 0.2) is 41.3 Å². The van der Waals surface area contributed by atoms with Gasteiger partial charge in [-0.2, -0.15) is 0 Å². The molecule has 0 fully saturated rings. The molecule has 7 heteroatoms. The molecule has 0 saturated carbocycles. The minimum atomic E-state index is -3.57. The Morgan fingerprint density at radius 3 is 2.07 bits per heavy atom. The molecule has 0 unspecified atom stereocenters. The van der Waals surface area contributed by atoms with Gasteiger partial charge in [0.2, 0.25) is 10.0 Å². The Bertz CT molecular complexity index is 881. The number of aliphatic carboxylic acids is 1. The number of rotatable bonds is 13. The van der Waals surface area contributed by atoms with Crippen LogP contribution in [0.2, 0.25) is 0 Å². The third-order valence-corrected chi connectivity index (χ3v) is 6.34. The van der Waals surface area contributed by atoms with Gasteiger partial charge >= 0.3 is 5.97 Å². The molecule has 0 heterocycles. The van der Waals surface area contributed by atoms with E-state index in [4.69, 9.17) is 10.8 Å². The van der Waals surface area contributed by atoms with Crippen molar-refractivity contribution in [3.05, 3.63) is 36.4 Å². The Kier molecular flexibility index (Phi) is 8.73. The molecule has 0 aliphatic heterocycles. The van der Waals surface area contributed by atoms with Gasteiger partial charge in [0.15, 0.2) is 0 Å². The first-order valence-corrected chi connectivity index (χ1v) is 11.4. The largest absolute Gasteiger partial charge is 0.481 e. The Hall–Kier alpha value is -2.12. The van der Waals surface area contributed by atoms with Crippen molar-refractivity contribution < 1.29 is 18.3 Å². The van der Waals surface area contributed by atoms with Gasteiger partial charge in [0, 0.05) is 29.4 Å². The Morgan fingerprint density at radius 2 is 1.43 bits per heavy atom. The fraction of sp³-hybridized carbons (Fsp3) is 0.476. The van der Waals surface area contributed by atoms with Crippen LogP contribution in [0, 0.1) is 0 Å². The SMILES string of the molecule is Nc1ccc(S(=O)(=O)NCCCCCCCCCCC(=O)O)c2ccccc12. The quantitative estimate of drug-likeness (QED) is 0.339. The summed E-state index contributed by atoms with van der Waals surface area (Å²) in [5, 5.41) is 9.96. The standard InChI is InChI=1S/C21H30N2O4S/c22-19-14-15-20(18-12-9-8-11-17(18)19)28(26,27)23-16-10-6-4-2-1-3-5-7-13-21(24)25/h8-9,11-12,14-15,23H,1-7,10,13,16,22H2,(H,24,25). The predicted molar refractivity (Wildman–Crippen MR) is 113 cm³/mol. The summed E-state index contributed by atoms with van der Waals surface area (Å²) in [4.78, 5) is 10.7. The molecule has 2 aromatic rings. The van der Waals surface area contributed by atoms with Crippen LogP contribution >= 0.6 is 0 Å². The molecule has 0 aromatic heterocycles. The van der Waals surface area contributed by atoms with E-state index in [1.807, 2.05) is 18.2 Å². The normalized spacial score (nSPS) is 11.7. The highest BCUT2D eigenvalue weighted by molar-refractivity contribution is 7.89. The van der Waals surface area contributed by atoms with Crippen molar-refractivity contribution in [3.8, 4) is 0 Å². The number of sulfonamides is 1. The second kappa shape index (κ2) is 11.0. The van der Waals surface area contributed by atoms with Gasteiger partial charge in [0.1, 0.15) is 0 Å². The summed E-state index contributed by atoms with van der Waals surface area (Å²) in [5.41, 5.74) is 6.51. The van der Waals surface area contributed by atoms with Crippen LogP contribution in [0.25, 0.3) is 10.8 Å². The number of hydrogen-bond acceptors (Lipinski definition) is 4. The molecular formula is C21H30N2O4S. The molecule has 6 nitrogen and oxygen atoms in total. The number of nitrogens with one attached hydrogen (secondary N) is 1. The fourth-order valence-corrected chi connectivity index (χ4v) is 4.56. The lowest BCUT2D eigenvalue weighted by Crippen LogP contribution is -2.25. The molecule has 0 spiro atoms. The molecule has 0 saturated heterocycles. The number of unbranched alkanes of at least 4 members (excludes halogenated alkanes) is 7. The van der Waals surface area contributed by atoms with Crippen LogP contribution in [-0.4, -0.2) is 26.0 Å². The zero-order valence-corrected chi connectivity index (χ0v) is 17.0. The second-order valence-electron chi connectivity index (χ2n) is 7.07. The van der Waals surface area contributed by atoms with E-state index in [2.05, 4.69) is 4.72 Å². The number of hydrogen-bond donors (Lipinski definition) is 3. The maximum atomic E-state index is 12.6. The number of fused-ring (bicyclic) bond motifs is 1. The van der Waals surface area contributed by atoms with Gasteiger partial charge in [-0.15, -0.1) is 0 Å². The van der Waals surface area contributed by atoms with Crippen molar-refractivity contribution >= 4 is 32.5 Å². The summed E-state index contributed by atoms with van der Waals surface area (Å²) < 4.78 is 28.0. The summed E-state index contributed by atoms with van der Waals surface area (Å²) in [6.45, 7) is 0.416. The number of benzene rings is 2. The molecule has 4 N–H and O–H groups in total. The average Bonchev–Trinajstić information content (AvgIpc) is 2.66. The van der Waals surface area contributed by atoms with Crippen LogP contribution in [0.3, 0.4) is 0 Å². The summed E-state index contributed by atoms with van der Waals surface area (Å²) >= 11 is 0. The van der Waals surface area contributed by atoms with E-state index in [9.17, 15) is 13.2 Å². The first-order valence-electron chi connectivity index (χ1n) is 9.90. The lowest BCUT2D eigenvalue weighted by Gasteiger charge is -2.11. The molecule has 154 valence electrons. The summed E-state index contributed by atoms with van der Waals surface area (Å²) in [7, 11) is -3.57. The maximum absolute atomic E-state index is 12.6. The molecule has 0 radical (unpaired) electrons. The van der Waals surface area contributed by atoms with E-state index in [1.54, 1.807) is 18.2 Å². The molecular weight excluding hydrogens is 376 g/mol. The van der Waals surface area contributed by atoms with Gasteiger partial charge in [-0.3, -0.25) is 4.79 Å². The highest BCUT2D eigenvalue weighted by atomic mass is 32.2. The molecule has 0 aliphatic carbocycles. The zero-order chi connectivity index (χ0) is 20.4. The monoisotopic (exact) mass is 406 g/mol. The van der Waals surface area contributed by atoms with Crippen LogP contribution in [-0.2, 0) is 14.8 Å². The average molecular weight is 407 g/mol. The zero-order valence-electron chi connectivity index (χ0n) is 16.2.